The lowest BCUT2D eigenvalue weighted by Gasteiger charge is -2.23. The van der Waals surface area contributed by atoms with Crippen LogP contribution < -0.4 is 10.1 Å². The highest BCUT2D eigenvalue weighted by atomic mass is 19.3. The van der Waals surface area contributed by atoms with Gasteiger partial charge in [0.05, 0.1) is 6.61 Å². The molecule has 2 rings (SSSR count). The van der Waals surface area contributed by atoms with Crippen molar-refractivity contribution in [3.63, 3.8) is 0 Å². The minimum absolute atomic E-state index is 0.0784. The van der Waals surface area contributed by atoms with Crippen molar-refractivity contribution in [1.29, 1.82) is 0 Å². The molecule has 1 saturated heterocycles. The van der Waals surface area contributed by atoms with Gasteiger partial charge >= 0.3 is 0 Å². The van der Waals surface area contributed by atoms with Crippen LogP contribution in [0.3, 0.4) is 0 Å². The van der Waals surface area contributed by atoms with Crippen molar-refractivity contribution in [3.8, 4) is 5.75 Å². The molecule has 1 aromatic carbocycles. The van der Waals surface area contributed by atoms with E-state index in [1.165, 1.54) is 12.1 Å². The first-order valence-electron chi connectivity index (χ1n) is 5.96. The van der Waals surface area contributed by atoms with Gasteiger partial charge in [-0.1, -0.05) is 0 Å². The Bertz CT molecular complexity index is 358. The van der Waals surface area contributed by atoms with Crippen molar-refractivity contribution >= 4 is 0 Å². The molecule has 2 nitrogen and oxygen atoms in total. The Balaban J connectivity index is 2.14. The summed E-state index contributed by atoms with van der Waals surface area (Å²) >= 11 is 0. The number of hydrogen-bond donors (Lipinski definition) is 1. The van der Waals surface area contributed by atoms with Gasteiger partial charge < -0.3 is 10.1 Å². The van der Waals surface area contributed by atoms with E-state index in [0.717, 1.165) is 0 Å². The predicted octanol–water partition coefficient (Wildman–Crippen LogP) is 2.79. The van der Waals surface area contributed by atoms with Crippen LogP contribution in [0.15, 0.2) is 24.3 Å². The van der Waals surface area contributed by atoms with Crippen LogP contribution in [-0.2, 0) is 5.92 Å². The van der Waals surface area contributed by atoms with E-state index in [-0.39, 0.29) is 5.56 Å². The zero-order valence-corrected chi connectivity index (χ0v) is 9.88. The summed E-state index contributed by atoms with van der Waals surface area (Å²) in [6.07, 6.45) is 0.528. The van der Waals surface area contributed by atoms with Gasteiger partial charge in [-0.25, -0.2) is 8.78 Å². The molecule has 0 aromatic heterocycles. The van der Waals surface area contributed by atoms with Crippen LogP contribution in [0.1, 0.15) is 18.9 Å². The summed E-state index contributed by atoms with van der Waals surface area (Å²) in [7, 11) is 0. The fraction of sp³-hybridized carbons (Fsp3) is 0.538. The number of alkyl halides is 2. The molecule has 94 valence electrons. The van der Waals surface area contributed by atoms with Gasteiger partial charge in [0.15, 0.2) is 0 Å². The summed E-state index contributed by atoms with van der Waals surface area (Å²) in [5.74, 6) is -2.72. The molecule has 0 radical (unpaired) electrons. The topological polar surface area (TPSA) is 21.3 Å². The molecule has 17 heavy (non-hydrogen) atoms. The van der Waals surface area contributed by atoms with Gasteiger partial charge in [-0.3, -0.25) is 0 Å². The number of hydrogen-bond acceptors (Lipinski definition) is 2. The molecule has 1 N–H and O–H groups in total. The van der Waals surface area contributed by atoms with Crippen molar-refractivity contribution in [3.05, 3.63) is 29.8 Å². The van der Waals surface area contributed by atoms with E-state index in [9.17, 15) is 8.78 Å². The van der Waals surface area contributed by atoms with E-state index in [2.05, 4.69) is 5.32 Å². The average molecular weight is 241 g/mol. The molecule has 1 aromatic rings. The van der Waals surface area contributed by atoms with Crippen LogP contribution in [0.4, 0.5) is 8.78 Å². The predicted molar refractivity (Wildman–Crippen MR) is 62.5 cm³/mol. The fourth-order valence-corrected chi connectivity index (χ4v) is 2.14. The molecule has 1 unspecified atom stereocenters. The Morgan fingerprint density at radius 1 is 1.35 bits per heavy atom. The minimum atomic E-state index is -2.76. The number of nitrogens with one attached hydrogen (secondary N) is 1. The quantitative estimate of drug-likeness (QED) is 0.875. The van der Waals surface area contributed by atoms with E-state index < -0.39 is 11.8 Å². The molecule has 1 aliphatic heterocycles. The van der Waals surface area contributed by atoms with Crippen molar-refractivity contribution in [2.75, 3.05) is 19.7 Å². The van der Waals surface area contributed by atoms with Crippen LogP contribution in [0, 0.1) is 5.92 Å². The second-order valence-electron chi connectivity index (χ2n) is 4.27. The number of rotatable bonds is 4. The molecule has 0 amide bonds. The summed E-state index contributed by atoms with van der Waals surface area (Å²) in [5, 5.41) is 2.98. The molecule has 1 aliphatic rings. The third kappa shape index (κ3) is 2.57. The molecular formula is C13H17F2NO. The highest BCUT2D eigenvalue weighted by Crippen LogP contribution is 2.39. The summed E-state index contributed by atoms with van der Waals surface area (Å²) in [6, 6.07) is 6.14. The van der Waals surface area contributed by atoms with E-state index in [1.54, 1.807) is 12.1 Å². The lowest BCUT2D eigenvalue weighted by atomic mass is 9.94. The zero-order chi connectivity index (χ0) is 12.3. The summed E-state index contributed by atoms with van der Waals surface area (Å²) in [4.78, 5) is 0. The largest absolute Gasteiger partial charge is 0.494 e. The van der Waals surface area contributed by atoms with E-state index in [4.69, 9.17) is 4.74 Å². The van der Waals surface area contributed by atoms with Crippen LogP contribution in [0.5, 0.6) is 5.75 Å². The normalized spacial score (nSPS) is 20.5. The smallest absolute Gasteiger partial charge is 0.277 e. The lowest BCUT2D eigenvalue weighted by molar-refractivity contribution is -0.0575. The molecule has 0 bridgehead atoms. The monoisotopic (exact) mass is 241 g/mol. The molecular weight excluding hydrogens is 224 g/mol. The summed E-state index contributed by atoms with van der Waals surface area (Å²) < 4.78 is 33.4. The molecule has 0 aliphatic carbocycles. The first-order valence-corrected chi connectivity index (χ1v) is 5.96. The maximum absolute atomic E-state index is 14.1. The van der Waals surface area contributed by atoms with Gasteiger partial charge in [-0.2, -0.15) is 0 Å². The molecule has 1 atom stereocenters. The van der Waals surface area contributed by atoms with E-state index in [0.29, 0.717) is 31.9 Å². The Labute approximate surface area is 100.0 Å². The summed E-state index contributed by atoms with van der Waals surface area (Å²) in [5.41, 5.74) is 0.0784. The van der Waals surface area contributed by atoms with Gasteiger partial charge in [0, 0.05) is 18.0 Å². The number of ether oxygens (including phenoxy) is 1. The van der Waals surface area contributed by atoms with Gasteiger partial charge in [-0.05, 0) is 44.2 Å². The highest BCUT2D eigenvalue weighted by Gasteiger charge is 2.42. The van der Waals surface area contributed by atoms with Crippen molar-refractivity contribution in [2.45, 2.75) is 19.3 Å². The van der Waals surface area contributed by atoms with Gasteiger partial charge in [0.25, 0.3) is 5.92 Å². The Morgan fingerprint density at radius 3 is 2.59 bits per heavy atom. The van der Waals surface area contributed by atoms with Crippen LogP contribution in [-0.4, -0.2) is 19.7 Å². The molecule has 4 heteroatoms. The maximum Gasteiger partial charge on any atom is 0.277 e. The standard InChI is InChI=1S/C13H17F2NO/c1-2-17-12-5-3-10(4-6-12)13(14,15)11-7-8-16-9-11/h3-6,11,16H,2,7-9H2,1H3. The molecule has 1 heterocycles. The number of benzene rings is 1. The van der Waals surface area contributed by atoms with Gasteiger partial charge in [-0.15, -0.1) is 0 Å². The van der Waals surface area contributed by atoms with Crippen LogP contribution >= 0.6 is 0 Å². The average Bonchev–Trinajstić information content (AvgIpc) is 2.84. The lowest BCUT2D eigenvalue weighted by Crippen LogP contribution is -2.27. The maximum atomic E-state index is 14.1. The molecule has 0 saturated carbocycles. The Hall–Kier alpha value is -1.16. The first-order chi connectivity index (χ1) is 8.14. The highest BCUT2D eigenvalue weighted by molar-refractivity contribution is 5.30. The van der Waals surface area contributed by atoms with Crippen molar-refractivity contribution in [1.82, 2.24) is 5.32 Å². The number of halogens is 2. The third-order valence-electron chi connectivity index (χ3n) is 3.12. The first kappa shape index (κ1) is 12.3. The van der Waals surface area contributed by atoms with Crippen molar-refractivity contribution in [2.24, 2.45) is 5.92 Å². The van der Waals surface area contributed by atoms with Crippen LogP contribution in [0.25, 0.3) is 0 Å². The second kappa shape index (κ2) is 5.00. The van der Waals surface area contributed by atoms with Crippen molar-refractivity contribution < 1.29 is 13.5 Å². The zero-order valence-electron chi connectivity index (χ0n) is 9.88. The summed E-state index contributed by atoms with van der Waals surface area (Å²) in [6.45, 7) is 3.48. The second-order valence-corrected chi connectivity index (χ2v) is 4.27. The molecule has 1 fully saturated rings. The fourth-order valence-electron chi connectivity index (χ4n) is 2.14. The molecule has 0 spiro atoms. The minimum Gasteiger partial charge on any atom is -0.494 e. The SMILES string of the molecule is CCOc1ccc(C(F)(F)C2CCNC2)cc1. The van der Waals surface area contributed by atoms with Gasteiger partial charge in [0.1, 0.15) is 5.75 Å². The Morgan fingerprint density at radius 2 is 2.06 bits per heavy atom. The van der Waals surface area contributed by atoms with E-state index in [1.807, 2.05) is 6.92 Å². The Kier molecular flexibility index (Phi) is 3.62. The van der Waals surface area contributed by atoms with E-state index >= 15 is 0 Å². The van der Waals surface area contributed by atoms with Gasteiger partial charge in [0.2, 0.25) is 0 Å². The van der Waals surface area contributed by atoms with Crippen LogP contribution in [0.2, 0.25) is 0 Å². The third-order valence-corrected chi connectivity index (χ3v) is 3.12.